The molecule has 26 heavy (non-hydrogen) atoms. The summed E-state index contributed by atoms with van der Waals surface area (Å²) < 4.78 is 24.7. The number of benzene rings is 2. The number of ether oxygens (including phenoxy) is 2. The van der Waals surface area contributed by atoms with Crippen LogP contribution in [0.4, 0.5) is 4.39 Å². The second-order valence-electron chi connectivity index (χ2n) is 6.57. The minimum atomic E-state index is -0.453. The highest BCUT2D eigenvalue weighted by atomic mass is 19.1. The van der Waals surface area contributed by atoms with Crippen molar-refractivity contribution in [3.05, 3.63) is 66.0 Å². The molecule has 0 aliphatic carbocycles. The Balaban J connectivity index is 1.42. The first-order chi connectivity index (χ1) is 12.7. The highest BCUT2D eigenvalue weighted by Crippen LogP contribution is 2.19. The first-order valence-electron chi connectivity index (χ1n) is 8.99. The van der Waals surface area contributed by atoms with Gasteiger partial charge in [0.25, 0.3) is 5.91 Å². The molecule has 1 saturated heterocycles. The van der Waals surface area contributed by atoms with Crippen LogP contribution in [0.25, 0.3) is 0 Å². The van der Waals surface area contributed by atoms with Gasteiger partial charge in [0, 0.05) is 13.1 Å². The van der Waals surface area contributed by atoms with E-state index in [4.69, 9.17) is 9.47 Å². The van der Waals surface area contributed by atoms with Gasteiger partial charge in [-0.25, -0.2) is 4.39 Å². The van der Waals surface area contributed by atoms with Crippen molar-refractivity contribution in [1.29, 1.82) is 0 Å². The van der Waals surface area contributed by atoms with Crippen LogP contribution in [0.1, 0.15) is 18.4 Å². The zero-order valence-electron chi connectivity index (χ0n) is 14.8. The molecule has 1 heterocycles. The Labute approximate surface area is 153 Å². The fraction of sp³-hybridized carbons (Fsp3) is 0.381. The van der Waals surface area contributed by atoms with Crippen LogP contribution in [0.15, 0.2) is 54.6 Å². The lowest BCUT2D eigenvalue weighted by molar-refractivity contribution is -0.135. The lowest BCUT2D eigenvalue weighted by atomic mass is 9.99. The number of nitrogens with zero attached hydrogens (tertiary/aromatic N) is 1. The van der Waals surface area contributed by atoms with Crippen molar-refractivity contribution >= 4 is 5.91 Å². The van der Waals surface area contributed by atoms with Crippen molar-refractivity contribution in [3.8, 4) is 5.75 Å². The summed E-state index contributed by atoms with van der Waals surface area (Å²) in [4.78, 5) is 14.2. The first kappa shape index (κ1) is 18.4. The number of carbonyl (C=O) groups is 1. The van der Waals surface area contributed by atoms with Crippen LogP contribution in [0, 0.1) is 11.7 Å². The highest BCUT2D eigenvalue weighted by Gasteiger charge is 2.24. The Kier molecular flexibility index (Phi) is 6.61. The quantitative estimate of drug-likeness (QED) is 0.759. The van der Waals surface area contributed by atoms with Crippen LogP contribution >= 0.6 is 0 Å². The van der Waals surface area contributed by atoms with Crippen molar-refractivity contribution in [2.24, 2.45) is 5.92 Å². The van der Waals surface area contributed by atoms with Gasteiger partial charge in [-0.3, -0.25) is 4.79 Å². The molecule has 1 amide bonds. The SMILES string of the molecule is O=C(COc1ccccc1F)N1CCCC(COCc2ccccc2)C1. The van der Waals surface area contributed by atoms with Gasteiger partial charge in [-0.1, -0.05) is 42.5 Å². The van der Waals surface area contributed by atoms with Crippen molar-refractivity contribution < 1.29 is 18.7 Å². The Hall–Kier alpha value is -2.40. The van der Waals surface area contributed by atoms with Crippen molar-refractivity contribution in [1.82, 2.24) is 4.90 Å². The topological polar surface area (TPSA) is 38.8 Å². The average Bonchev–Trinajstić information content (AvgIpc) is 2.68. The van der Waals surface area contributed by atoms with Gasteiger partial charge in [-0.15, -0.1) is 0 Å². The maximum atomic E-state index is 13.6. The van der Waals surface area contributed by atoms with Crippen molar-refractivity contribution in [2.75, 3.05) is 26.3 Å². The standard InChI is InChI=1S/C21H24FNO3/c22-19-10-4-5-11-20(19)26-16-21(24)23-12-6-9-18(13-23)15-25-14-17-7-2-1-3-8-17/h1-5,7-8,10-11,18H,6,9,12-16H2. The fourth-order valence-corrected chi connectivity index (χ4v) is 3.14. The van der Waals surface area contributed by atoms with E-state index in [-0.39, 0.29) is 18.3 Å². The zero-order valence-corrected chi connectivity index (χ0v) is 14.8. The van der Waals surface area contributed by atoms with Gasteiger partial charge in [0.2, 0.25) is 0 Å². The van der Waals surface area contributed by atoms with Crippen LogP contribution in [0.3, 0.4) is 0 Å². The second kappa shape index (κ2) is 9.34. The molecule has 0 radical (unpaired) electrons. The summed E-state index contributed by atoms with van der Waals surface area (Å²) in [7, 11) is 0. The van der Waals surface area contributed by atoms with Gasteiger partial charge in [-0.2, -0.15) is 0 Å². The van der Waals surface area contributed by atoms with Crippen LogP contribution in [-0.2, 0) is 16.1 Å². The molecule has 138 valence electrons. The maximum absolute atomic E-state index is 13.6. The summed E-state index contributed by atoms with van der Waals surface area (Å²) >= 11 is 0. The van der Waals surface area contributed by atoms with Crippen molar-refractivity contribution in [3.63, 3.8) is 0 Å². The Morgan fingerprint density at radius 3 is 2.69 bits per heavy atom. The lowest BCUT2D eigenvalue weighted by Gasteiger charge is -2.32. The van der Waals surface area contributed by atoms with E-state index in [0.29, 0.717) is 32.2 Å². The maximum Gasteiger partial charge on any atom is 0.260 e. The third kappa shape index (κ3) is 5.30. The van der Waals surface area contributed by atoms with E-state index in [2.05, 4.69) is 0 Å². The fourth-order valence-electron chi connectivity index (χ4n) is 3.14. The number of carbonyl (C=O) groups excluding carboxylic acids is 1. The van der Waals surface area contributed by atoms with E-state index >= 15 is 0 Å². The summed E-state index contributed by atoms with van der Waals surface area (Å²) in [6.07, 6.45) is 2.00. The van der Waals surface area contributed by atoms with Gasteiger partial charge in [0.1, 0.15) is 0 Å². The molecule has 0 saturated carbocycles. The Morgan fingerprint density at radius 1 is 1.12 bits per heavy atom. The largest absolute Gasteiger partial charge is 0.481 e. The van der Waals surface area contributed by atoms with E-state index in [1.165, 1.54) is 12.1 Å². The zero-order chi connectivity index (χ0) is 18.2. The molecular weight excluding hydrogens is 333 g/mol. The summed E-state index contributed by atoms with van der Waals surface area (Å²) in [6.45, 7) is 2.45. The number of hydrogen-bond donors (Lipinski definition) is 0. The molecule has 0 N–H and O–H groups in total. The van der Waals surface area contributed by atoms with Crippen LogP contribution < -0.4 is 4.74 Å². The summed E-state index contributed by atoms with van der Waals surface area (Å²) in [6, 6.07) is 16.2. The number of piperidine rings is 1. The van der Waals surface area contributed by atoms with Crippen LogP contribution in [-0.4, -0.2) is 37.1 Å². The van der Waals surface area contributed by atoms with Gasteiger partial charge in [-0.05, 0) is 36.5 Å². The normalized spacial score (nSPS) is 17.1. The molecule has 2 aromatic rings. The van der Waals surface area contributed by atoms with E-state index < -0.39 is 5.82 Å². The molecule has 5 heteroatoms. The van der Waals surface area contributed by atoms with Gasteiger partial charge >= 0.3 is 0 Å². The number of halogens is 1. The number of likely N-dealkylation sites (tertiary alicyclic amines) is 1. The molecular formula is C21H24FNO3. The van der Waals surface area contributed by atoms with E-state index in [0.717, 1.165) is 18.4 Å². The summed E-state index contributed by atoms with van der Waals surface area (Å²) in [5, 5.41) is 0. The summed E-state index contributed by atoms with van der Waals surface area (Å²) in [5.74, 6) is -0.127. The van der Waals surface area contributed by atoms with Gasteiger partial charge in [0.15, 0.2) is 18.2 Å². The van der Waals surface area contributed by atoms with Gasteiger partial charge in [0.05, 0.1) is 13.2 Å². The van der Waals surface area contributed by atoms with Gasteiger partial charge < -0.3 is 14.4 Å². The Morgan fingerprint density at radius 2 is 1.88 bits per heavy atom. The molecule has 3 rings (SSSR count). The van der Waals surface area contributed by atoms with E-state index in [9.17, 15) is 9.18 Å². The minimum absolute atomic E-state index is 0.110. The monoisotopic (exact) mass is 357 g/mol. The molecule has 1 aliphatic rings. The van der Waals surface area contributed by atoms with Crippen molar-refractivity contribution in [2.45, 2.75) is 19.4 Å². The molecule has 2 aromatic carbocycles. The third-order valence-corrected chi connectivity index (χ3v) is 4.52. The minimum Gasteiger partial charge on any atom is -0.481 e. The lowest BCUT2D eigenvalue weighted by Crippen LogP contribution is -2.43. The van der Waals surface area contributed by atoms with E-state index in [1.54, 1.807) is 17.0 Å². The van der Waals surface area contributed by atoms with Crippen LogP contribution in [0.5, 0.6) is 5.75 Å². The molecule has 0 spiro atoms. The smallest absolute Gasteiger partial charge is 0.260 e. The van der Waals surface area contributed by atoms with E-state index in [1.807, 2.05) is 30.3 Å². The summed E-state index contributed by atoms with van der Waals surface area (Å²) in [5.41, 5.74) is 1.15. The first-order valence-corrected chi connectivity index (χ1v) is 8.99. The molecule has 1 unspecified atom stereocenters. The molecule has 1 atom stereocenters. The number of hydrogen-bond acceptors (Lipinski definition) is 3. The molecule has 0 aromatic heterocycles. The Bertz CT molecular complexity index is 707. The average molecular weight is 357 g/mol. The van der Waals surface area contributed by atoms with Crippen LogP contribution in [0.2, 0.25) is 0 Å². The number of amides is 1. The number of rotatable bonds is 7. The number of para-hydroxylation sites is 1. The molecule has 0 bridgehead atoms. The predicted octanol–water partition coefficient (Wildman–Crippen LogP) is 3.66. The highest BCUT2D eigenvalue weighted by molar-refractivity contribution is 5.77. The predicted molar refractivity (Wildman–Crippen MR) is 97.3 cm³/mol. The molecule has 1 fully saturated rings. The second-order valence-corrected chi connectivity index (χ2v) is 6.57. The molecule has 1 aliphatic heterocycles. The molecule has 4 nitrogen and oxygen atoms in total. The third-order valence-electron chi connectivity index (χ3n) is 4.52.